The van der Waals surface area contributed by atoms with Crippen LogP contribution in [0.5, 0.6) is 0 Å². The van der Waals surface area contributed by atoms with Gasteiger partial charge in [0, 0.05) is 43.2 Å². The van der Waals surface area contributed by atoms with Gasteiger partial charge >= 0.3 is 0 Å². The number of hydrogen-bond acceptors (Lipinski definition) is 3. The molecule has 0 saturated heterocycles. The fourth-order valence-electron chi connectivity index (χ4n) is 2.67. The maximum absolute atomic E-state index is 12.0. The van der Waals surface area contributed by atoms with Crippen LogP contribution in [-0.4, -0.2) is 43.7 Å². The molecular formula is C21H27ClN4O2. The zero-order chi connectivity index (χ0) is 20.2. The van der Waals surface area contributed by atoms with Crippen LogP contribution >= 0.6 is 11.6 Å². The van der Waals surface area contributed by atoms with Crippen LogP contribution in [0.2, 0.25) is 5.02 Å². The molecule has 0 aliphatic rings. The molecule has 0 heterocycles. The van der Waals surface area contributed by atoms with Gasteiger partial charge in [-0.3, -0.25) is 9.79 Å². The number of aliphatic hydroxyl groups excluding tert-OH is 1. The zero-order valence-corrected chi connectivity index (χ0v) is 16.7. The standard InChI is InChI=1S/C21H27ClN4O2/c1-23-21(25-14-17(15-27)16-6-3-2-4-7-16)24-13-5-8-20(28)26-19-11-9-18(22)10-12-19/h2-4,6-7,9-12,17,27H,5,8,13-15H2,1H3,(H,26,28)(H2,23,24,25). The molecule has 0 aromatic heterocycles. The summed E-state index contributed by atoms with van der Waals surface area (Å²) >= 11 is 5.83. The normalized spacial score (nSPS) is 12.3. The van der Waals surface area contributed by atoms with Crippen molar-refractivity contribution in [2.75, 3.05) is 32.1 Å². The Kier molecular flexibility index (Phi) is 9.31. The number of amides is 1. The molecule has 4 N–H and O–H groups in total. The lowest BCUT2D eigenvalue weighted by Crippen LogP contribution is -2.40. The third-order valence-electron chi connectivity index (χ3n) is 4.23. The fraction of sp³-hybridized carbons (Fsp3) is 0.333. The minimum absolute atomic E-state index is 0.00935. The maximum Gasteiger partial charge on any atom is 0.224 e. The maximum atomic E-state index is 12.0. The summed E-state index contributed by atoms with van der Waals surface area (Å²) in [6.07, 6.45) is 1.07. The second-order valence-electron chi connectivity index (χ2n) is 6.33. The van der Waals surface area contributed by atoms with Gasteiger partial charge < -0.3 is 21.1 Å². The highest BCUT2D eigenvalue weighted by molar-refractivity contribution is 6.30. The molecule has 2 aromatic carbocycles. The number of carbonyl (C=O) groups excluding carboxylic acids is 1. The van der Waals surface area contributed by atoms with E-state index in [1.807, 2.05) is 30.3 Å². The number of aliphatic hydroxyl groups is 1. The van der Waals surface area contributed by atoms with Gasteiger partial charge in [0.1, 0.15) is 0 Å². The molecule has 0 bridgehead atoms. The quantitative estimate of drug-likeness (QED) is 0.295. The molecule has 6 nitrogen and oxygen atoms in total. The summed E-state index contributed by atoms with van der Waals surface area (Å²) in [5, 5.41) is 19.5. The molecule has 0 spiro atoms. The molecule has 2 rings (SSSR count). The third kappa shape index (κ3) is 7.58. The summed E-state index contributed by atoms with van der Waals surface area (Å²) < 4.78 is 0. The van der Waals surface area contributed by atoms with E-state index in [-0.39, 0.29) is 18.4 Å². The number of nitrogens with zero attached hydrogens (tertiary/aromatic N) is 1. The molecule has 1 unspecified atom stereocenters. The highest BCUT2D eigenvalue weighted by Gasteiger charge is 2.10. The number of anilines is 1. The number of aliphatic imine (C=N–C) groups is 1. The molecule has 1 atom stereocenters. The lowest BCUT2D eigenvalue weighted by Gasteiger charge is -2.18. The Morgan fingerprint density at radius 1 is 1.11 bits per heavy atom. The average molecular weight is 403 g/mol. The number of carbonyl (C=O) groups is 1. The van der Waals surface area contributed by atoms with Gasteiger partial charge in [0.2, 0.25) is 5.91 Å². The number of nitrogens with one attached hydrogen (secondary N) is 3. The minimum atomic E-state index is -0.0449. The van der Waals surface area contributed by atoms with Crippen molar-refractivity contribution in [2.24, 2.45) is 4.99 Å². The summed E-state index contributed by atoms with van der Waals surface area (Å²) in [5.41, 5.74) is 1.81. The smallest absolute Gasteiger partial charge is 0.224 e. The molecule has 2 aromatic rings. The van der Waals surface area contributed by atoms with Gasteiger partial charge in [-0.1, -0.05) is 41.9 Å². The number of benzene rings is 2. The van der Waals surface area contributed by atoms with Crippen molar-refractivity contribution in [2.45, 2.75) is 18.8 Å². The summed E-state index contributed by atoms with van der Waals surface area (Å²) in [6, 6.07) is 16.9. The van der Waals surface area contributed by atoms with Crippen LogP contribution in [0.1, 0.15) is 24.3 Å². The van der Waals surface area contributed by atoms with Gasteiger partial charge in [-0.2, -0.15) is 0 Å². The monoisotopic (exact) mass is 402 g/mol. The van der Waals surface area contributed by atoms with E-state index in [4.69, 9.17) is 11.6 Å². The first-order valence-corrected chi connectivity index (χ1v) is 9.66. The molecule has 7 heteroatoms. The molecule has 0 aliphatic carbocycles. The van der Waals surface area contributed by atoms with E-state index in [1.54, 1.807) is 31.3 Å². The average Bonchev–Trinajstić information content (AvgIpc) is 2.72. The Balaban J connectivity index is 1.67. The Bertz CT molecular complexity index is 751. The summed E-state index contributed by atoms with van der Waals surface area (Å²) in [6.45, 7) is 1.24. The second kappa shape index (κ2) is 12.0. The van der Waals surface area contributed by atoms with Crippen molar-refractivity contribution < 1.29 is 9.90 Å². The summed E-state index contributed by atoms with van der Waals surface area (Å²) in [4.78, 5) is 16.2. The predicted molar refractivity (Wildman–Crippen MR) is 115 cm³/mol. The van der Waals surface area contributed by atoms with E-state index < -0.39 is 0 Å². The SMILES string of the molecule is CN=C(NCCCC(=O)Nc1ccc(Cl)cc1)NCC(CO)c1ccccc1. The van der Waals surface area contributed by atoms with Crippen LogP contribution in [0.4, 0.5) is 5.69 Å². The minimum Gasteiger partial charge on any atom is -0.396 e. The molecule has 0 saturated carbocycles. The van der Waals surface area contributed by atoms with Gasteiger partial charge in [-0.25, -0.2) is 0 Å². The van der Waals surface area contributed by atoms with Crippen LogP contribution in [0.25, 0.3) is 0 Å². The summed E-state index contributed by atoms with van der Waals surface area (Å²) in [7, 11) is 1.69. The molecule has 1 amide bonds. The van der Waals surface area contributed by atoms with Crippen LogP contribution in [-0.2, 0) is 4.79 Å². The highest BCUT2D eigenvalue weighted by atomic mass is 35.5. The topological polar surface area (TPSA) is 85.8 Å². The van der Waals surface area contributed by atoms with Crippen LogP contribution in [0, 0.1) is 0 Å². The van der Waals surface area contributed by atoms with E-state index in [0.29, 0.717) is 36.9 Å². The van der Waals surface area contributed by atoms with Crippen molar-refractivity contribution in [3.63, 3.8) is 0 Å². The van der Waals surface area contributed by atoms with Crippen LogP contribution in [0.15, 0.2) is 59.6 Å². The molecule has 0 radical (unpaired) electrons. The first kappa shape index (κ1) is 21.7. The Labute approximate surface area is 171 Å². The molecule has 0 fully saturated rings. The second-order valence-corrected chi connectivity index (χ2v) is 6.77. The van der Waals surface area contributed by atoms with E-state index in [9.17, 15) is 9.90 Å². The third-order valence-corrected chi connectivity index (χ3v) is 4.48. The first-order chi connectivity index (χ1) is 13.6. The van der Waals surface area contributed by atoms with Crippen molar-refractivity contribution >= 4 is 29.2 Å². The number of hydrogen-bond donors (Lipinski definition) is 4. The highest BCUT2D eigenvalue weighted by Crippen LogP contribution is 2.14. The number of rotatable bonds is 9. The Morgan fingerprint density at radius 3 is 2.46 bits per heavy atom. The number of halogens is 1. The Hall–Kier alpha value is -2.57. The van der Waals surface area contributed by atoms with Gasteiger partial charge in [0.05, 0.1) is 6.61 Å². The van der Waals surface area contributed by atoms with Crippen molar-refractivity contribution in [3.05, 3.63) is 65.2 Å². The molecule has 0 aliphatic heterocycles. The lowest BCUT2D eigenvalue weighted by molar-refractivity contribution is -0.116. The van der Waals surface area contributed by atoms with Crippen molar-refractivity contribution in [1.29, 1.82) is 0 Å². The van der Waals surface area contributed by atoms with Crippen LogP contribution in [0.3, 0.4) is 0 Å². The van der Waals surface area contributed by atoms with E-state index in [2.05, 4.69) is 20.9 Å². The van der Waals surface area contributed by atoms with Gasteiger partial charge in [0.15, 0.2) is 5.96 Å². The van der Waals surface area contributed by atoms with Crippen LogP contribution < -0.4 is 16.0 Å². The molecular weight excluding hydrogens is 376 g/mol. The van der Waals surface area contributed by atoms with Crippen molar-refractivity contribution in [3.8, 4) is 0 Å². The van der Waals surface area contributed by atoms with Gasteiger partial charge in [0.25, 0.3) is 0 Å². The fourth-order valence-corrected chi connectivity index (χ4v) is 2.79. The molecule has 150 valence electrons. The predicted octanol–water partition coefficient (Wildman–Crippen LogP) is 3.00. The number of guanidine groups is 1. The first-order valence-electron chi connectivity index (χ1n) is 9.28. The Morgan fingerprint density at radius 2 is 1.82 bits per heavy atom. The van der Waals surface area contributed by atoms with E-state index in [1.165, 1.54) is 0 Å². The lowest BCUT2D eigenvalue weighted by atomic mass is 10.0. The largest absolute Gasteiger partial charge is 0.396 e. The van der Waals surface area contributed by atoms with E-state index in [0.717, 1.165) is 11.3 Å². The zero-order valence-electron chi connectivity index (χ0n) is 16.0. The van der Waals surface area contributed by atoms with Gasteiger partial charge in [-0.05, 0) is 36.2 Å². The summed E-state index contributed by atoms with van der Waals surface area (Å²) in [5.74, 6) is 0.592. The van der Waals surface area contributed by atoms with E-state index >= 15 is 0 Å². The molecule has 28 heavy (non-hydrogen) atoms. The van der Waals surface area contributed by atoms with Crippen molar-refractivity contribution in [1.82, 2.24) is 10.6 Å². The van der Waals surface area contributed by atoms with Gasteiger partial charge in [-0.15, -0.1) is 0 Å².